The highest BCUT2D eigenvalue weighted by Gasteiger charge is 2.03. The maximum atomic E-state index is 10.6. The Labute approximate surface area is 88.0 Å². The fraction of sp³-hybridized carbons (Fsp3) is 0.125. The van der Waals surface area contributed by atoms with Crippen molar-refractivity contribution in [3.8, 4) is 0 Å². The molecule has 14 heavy (non-hydrogen) atoms. The Morgan fingerprint density at radius 3 is 3.14 bits per heavy atom. The zero-order valence-electron chi connectivity index (χ0n) is 7.14. The van der Waals surface area contributed by atoms with Gasteiger partial charge in [0.25, 0.3) is 0 Å². The highest BCUT2D eigenvalue weighted by molar-refractivity contribution is 9.10. The molecule has 0 saturated carbocycles. The molecule has 0 aliphatic rings. The number of nitrogens with two attached hydrogens (primary N) is 1. The number of pyridine rings is 1. The van der Waals surface area contributed by atoms with Gasteiger partial charge in [0.2, 0.25) is 5.91 Å². The molecule has 0 atom stereocenters. The minimum atomic E-state index is -0.412. The van der Waals surface area contributed by atoms with Gasteiger partial charge < -0.3 is 5.73 Å². The van der Waals surface area contributed by atoms with Crippen LogP contribution in [0.3, 0.4) is 0 Å². The monoisotopic (exact) mass is 254 g/mol. The van der Waals surface area contributed by atoms with Crippen molar-refractivity contribution < 1.29 is 4.79 Å². The van der Waals surface area contributed by atoms with Gasteiger partial charge in [-0.2, -0.15) is 5.10 Å². The lowest BCUT2D eigenvalue weighted by Crippen LogP contribution is -2.18. The average molecular weight is 255 g/mol. The zero-order chi connectivity index (χ0) is 10.1. The van der Waals surface area contributed by atoms with Crippen LogP contribution in [0.2, 0.25) is 0 Å². The van der Waals surface area contributed by atoms with Gasteiger partial charge in [0, 0.05) is 17.8 Å². The Bertz CT molecular complexity index is 493. The molecule has 6 heteroatoms. The highest BCUT2D eigenvalue weighted by Crippen LogP contribution is 2.15. The lowest BCUT2D eigenvalue weighted by atomic mass is 10.3. The molecule has 0 aliphatic heterocycles. The first-order chi connectivity index (χ1) is 6.65. The predicted molar refractivity (Wildman–Crippen MR) is 54.4 cm³/mol. The number of hydrogen-bond donors (Lipinski definition) is 1. The second-order valence-electron chi connectivity index (χ2n) is 2.86. The third-order valence-electron chi connectivity index (χ3n) is 1.72. The van der Waals surface area contributed by atoms with Gasteiger partial charge in [-0.05, 0) is 22.0 Å². The third kappa shape index (κ3) is 1.74. The molecule has 1 amide bonds. The molecule has 0 aromatic carbocycles. The van der Waals surface area contributed by atoms with E-state index in [0.717, 1.165) is 10.9 Å². The van der Waals surface area contributed by atoms with Crippen LogP contribution in [0.25, 0.3) is 10.9 Å². The quantitative estimate of drug-likeness (QED) is 0.802. The molecule has 2 N–H and O–H groups in total. The molecule has 2 aromatic heterocycles. The van der Waals surface area contributed by atoms with Crippen LogP contribution in [0.15, 0.2) is 23.1 Å². The third-order valence-corrected chi connectivity index (χ3v) is 2.15. The molecule has 5 nitrogen and oxygen atoms in total. The molecule has 0 unspecified atom stereocenters. The number of aromatic nitrogens is 3. The van der Waals surface area contributed by atoms with Gasteiger partial charge in [0.15, 0.2) is 0 Å². The molecule has 0 radical (unpaired) electrons. The first-order valence-corrected chi connectivity index (χ1v) is 4.71. The SMILES string of the molecule is NC(=O)Cn1cc2cnc(Br)cc2n1. The van der Waals surface area contributed by atoms with Gasteiger partial charge in [0.1, 0.15) is 11.1 Å². The molecule has 0 aliphatic carbocycles. The lowest BCUT2D eigenvalue weighted by molar-refractivity contribution is -0.118. The minimum Gasteiger partial charge on any atom is -0.368 e. The number of fused-ring (bicyclic) bond motifs is 1. The molecule has 72 valence electrons. The molecule has 2 rings (SSSR count). The summed E-state index contributed by atoms with van der Waals surface area (Å²) in [5.74, 6) is -0.412. The Balaban J connectivity index is 2.46. The Morgan fingerprint density at radius 2 is 2.43 bits per heavy atom. The summed E-state index contributed by atoms with van der Waals surface area (Å²) in [6, 6.07) is 1.78. The van der Waals surface area contributed by atoms with E-state index in [0.29, 0.717) is 4.60 Å². The number of primary amides is 1. The summed E-state index contributed by atoms with van der Waals surface area (Å²) in [5.41, 5.74) is 5.84. The van der Waals surface area contributed by atoms with Crippen molar-refractivity contribution in [1.82, 2.24) is 14.8 Å². The van der Waals surface area contributed by atoms with Gasteiger partial charge in [0.05, 0.1) is 5.52 Å². The van der Waals surface area contributed by atoms with Crippen LogP contribution in [0.4, 0.5) is 0 Å². The van der Waals surface area contributed by atoms with Crippen LogP contribution < -0.4 is 5.73 Å². The average Bonchev–Trinajstić information content (AvgIpc) is 2.44. The van der Waals surface area contributed by atoms with E-state index in [1.54, 1.807) is 18.5 Å². The highest BCUT2D eigenvalue weighted by atomic mass is 79.9. The normalized spacial score (nSPS) is 10.6. The number of carbonyl (C=O) groups is 1. The van der Waals surface area contributed by atoms with Crippen molar-refractivity contribution in [2.45, 2.75) is 6.54 Å². The Morgan fingerprint density at radius 1 is 1.64 bits per heavy atom. The van der Waals surface area contributed by atoms with Gasteiger partial charge in [-0.25, -0.2) is 4.98 Å². The van der Waals surface area contributed by atoms with Gasteiger partial charge in [-0.3, -0.25) is 9.48 Å². The molecule has 0 fully saturated rings. The smallest absolute Gasteiger partial charge is 0.239 e. The number of rotatable bonds is 2. The summed E-state index contributed by atoms with van der Waals surface area (Å²) in [6.45, 7) is 0.0896. The summed E-state index contributed by atoms with van der Waals surface area (Å²) in [7, 11) is 0. The second kappa shape index (κ2) is 3.38. The van der Waals surface area contributed by atoms with Crippen molar-refractivity contribution in [3.05, 3.63) is 23.1 Å². The van der Waals surface area contributed by atoms with Gasteiger partial charge >= 0.3 is 0 Å². The van der Waals surface area contributed by atoms with Crippen molar-refractivity contribution in [1.29, 1.82) is 0 Å². The van der Waals surface area contributed by atoms with E-state index in [2.05, 4.69) is 26.0 Å². The molecule has 0 bridgehead atoms. The number of nitrogens with zero attached hydrogens (tertiary/aromatic N) is 3. The largest absolute Gasteiger partial charge is 0.368 e. The molecule has 0 spiro atoms. The number of hydrogen-bond acceptors (Lipinski definition) is 3. The van der Waals surface area contributed by atoms with Crippen molar-refractivity contribution in [2.24, 2.45) is 5.73 Å². The summed E-state index contributed by atoms with van der Waals surface area (Å²) in [6.07, 6.45) is 3.42. The molecular weight excluding hydrogens is 248 g/mol. The fourth-order valence-electron chi connectivity index (χ4n) is 1.19. The molecule has 2 aromatic rings. The standard InChI is InChI=1S/C8H7BrN4O/c9-7-1-6-5(2-11-7)3-13(12-6)4-8(10)14/h1-3H,4H2,(H2,10,14). The Hall–Kier alpha value is -1.43. The van der Waals surface area contributed by atoms with E-state index in [-0.39, 0.29) is 6.54 Å². The first-order valence-electron chi connectivity index (χ1n) is 3.92. The first kappa shape index (κ1) is 9.14. The van der Waals surface area contributed by atoms with E-state index in [9.17, 15) is 4.79 Å². The van der Waals surface area contributed by atoms with Crippen LogP contribution in [-0.2, 0) is 11.3 Å². The van der Waals surface area contributed by atoms with Crippen molar-refractivity contribution in [3.63, 3.8) is 0 Å². The van der Waals surface area contributed by atoms with Crippen LogP contribution in [-0.4, -0.2) is 20.7 Å². The van der Waals surface area contributed by atoms with Crippen molar-refractivity contribution in [2.75, 3.05) is 0 Å². The lowest BCUT2D eigenvalue weighted by Gasteiger charge is -1.93. The number of amides is 1. The fourth-order valence-corrected chi connectivity index (χ4v) is 1.50. The summed E-state index contributed by atoms with van der Waals surface area (Å²) in [5, 5.41) is 5.04. The molecule has 2 heterocycles. The van der Waals surface area contributed by atoms with E-state index < -0.39 is 5.91 Å². The number of carbonyl (C=O) groups excluding carboxylic acids is 1. The van der Waals surface area contributed by atoms with Crippen molar-refractivity contribution >= 4 is 32.7 Å². The zero-order valence-corrected chi connectivity index (χ0v) is 8.73. The Kier molecular flexibility index (Phi) is 2.20. The minimum absolute atomic E-state index is 0.0896. The second-order valence-corrected chi connectivity index (χ2v) is 3.67. The van der Waals surface area contributed by atoms with E-state index >= 15 is 0 Å². The van der Waals surface area contributed by atoms with Gasteiger partial charge in [-0.15, -0.1) is 0 Å². The summed E-state index contributed by atoms with van der Waals surface area (Å²) in [4.78, 5) is 14.7. The summed E-state index contributed by atoms with van der Waals surface area (Å²) < 4.78 is 2.22. The number of halogens is 1. The summed E-state index contributed by atoms with van der Waals surface area (Å²) >= 11 is 3.24. The predicted octanol–water partition coefficient (Wildman–Crippen LogP) is 0.679. The van der Waals surface area contributed by atoms with Crippen LogP contribution in [0.1, 0.15) is 0 Å². The maximum Gasteiger partial charge on any atom is 0.239 e. The molecule has 0 saturated heterocycles. The van der Waals surface area contributed by atoms with E-state index in [1.165, 1.54) is 4.68 Å². The van der Waals surface area contributed by atoms with E-state index in [1.807, 2.05) is 0 Å². The van der Waals surface area contributed by atoms with Crippen LogP contribution in [0.5, 0.6) is 0 Å². The van der Waals surface area contributed by atoms with E-state index in [4.69, 9.17) is 5.73 Å². The van der Waals surface area contributed by atoms with Gasteiger partial charge in [-0.1, -0.05) is 0 Å². The molecular formula is C8H7BrN4O. The maximum absolute atomic E-state index is 10.6. The topological polar surface area (TPSA) is 73.8 Å². The van der Waals surface area contributed by atoms with Crippen LogP contribution in [0, 0.1) is 0 Å². The van der Waals surface area contributed by atoms with Crippen LogP contribution >= 0.6 is 15.9 Å².